The molecule has 138 valence electrons. The highest BCUT2D eigenvalue weighted by atomic mass is 32.1. The third kappa shape index (κ3) is 4.39. The first-order chi connectivity index (χ1) is 11.9. The fourth-order valence-electron chi connectivity index (χ4n) is 3.32. The van der Waals surface area contributed by atoms with Crippen molar-refractivity contribution >= 4 is 34.1 Å². The summed E-state index contributed by atoms with van der Waals surface area (Å²) in [5.41, 5.74) is 0.976. The minimum absolute atomic E-state index is 0.0893. The lowest BCUT2D eigenvalue weighted by molar-refractivity contribution is -0.134. The SMILES string of the molecule is CCCC(=O)N1CCCC(C(=O)Nc2sc(C)c(CC)c2C(=O)O)C1. The van der Waals surface area contributed by atoms with Gasteiger partial charge in [-0.25, -0.2) is 4.79 Å². The zero-order chi connectivity index (χ0) is 18.6. The van der Waals surface area contributed by atoms with E-state index in [1.54, 1.807) is 4.90 Å². The molecule has 25 heavy (non-hydrogen) atoms. The van der Waals surface area contributed by atoms with E-state index in [4.69, 9.17) is 0 Å². The summed E-state index contributed by atoms with van der Waals surface area (Å²) in [5.74, 6) is -1.41. The van der Waals surface area contributed by atoms with Crippen molar-refractivity contribution in [3.63, 3.8) is 0 Å². The Kier molecular flexibility index (Phi) is 6.58. The number of anilines is 1. The Balaban J connectivity index is 2.12. The second-order valence-corrected chi connectivity index (χ2v) is 7.64. The molecule has 6 nitrogen and oxygen atoms in total. The topological polar surface area (TPSA) is 86.7 Å². The molecule has 0 saturated carbocycles. The molecule has 1 aliphatic rings. The number of hydrogen-bond donors (Lipinski definition) is 2. The molecule has 0 aliphatic carbocycles. The van der Waals surface area contributed by atoms with Crippen molar-refractivity contribution in [2.24, 2.45) is 5.92 Å². The summed E-state index contributed by atoms with van der Waals surface area (Å²) in [6.07, 6.45) is 3.42. The fourth-order valence-corrected chi connectivity index (χ4v) is 4.46. The first-order valence-corrected chi connectivity index (χ1v) is 9.64. The number of nitrogens with one attached hydrogen (secondary N) is 1. The molecule has 1 aromatic rings. The lowest BCUT2D eigenvalue weighted by Gasteiger charge is -2.32. The molecular formula is C18H26N2O4S. The molecule has 2 rings (SSSR count). The minimum Gasteiger partial charge on any atom is -0.478 e. The van der Waals surface area contributed by atoms with Crippen molar-refractivity contribution in [2.75, 3.05) is 18.4 Å². The maximum absolute atomic E-state index is 12.6. The van der Waals surface area contributed by atoms with Gasteiger partial charge in [0.1, 0.15) is 5.00 Å². The first-order valence-electron chi connectivity index (χ1n) is 8.83. The molecule has 0 aromatic carbocycles. The molecule has 1 saturated heterocycles. The van der Waals surface area contributed by atoms with Gasteiger partial charge in [-0.3, -0.25) is 9.59 Å². The number of carbonyl (C=O) groups is 3. The van der Waals surface area contributed by atoms with Crippen molar-refractivity contribution in [2.45, 2.75) is 52.9 Å². The van der Waals surface area contributed by atoms with Crippen LogP contribution in [0.1, 0.15) is 60.3 Å². The summed E-state index contributed by atoms with van der Waals surface area (Å²) in [6, 6.07) is 0. The van der Waals surface area contributed by atoms with Gasteiger partial charge in [0.2, 0.25) is 11.8 Å². The van der Waals surface area contributed by atoms with Crippen LogP contribution in [0.15, 0.2) is 0 Å². The Labute approximate surface area is 152 Å². The molecule has 7 heteroatoms. The zero-order valence-electron chi connectivity index (χ0n) is 15.1. The van der Waals surface area contributed by atoms with Gasteiger partial charge in [0.25, 0.3) is 0 Å². The van der Waals surface area contributed by atoms with Crippen LogP contribution in [0.4, 0.5) is 5.00 Å². The second kappa shape index (κ2) is 8.47. The molecule has 0 spiro atoms. The Morgan fingerprint density at radius 1 is 1.32 bits per heavy atom. The Morgan fingerprint density at radius 3 is 2.64 bits per heavy atom. The van der Waals surface area contributed by atoms with Gasteiger partial charge in [-0.05, 0) is 38.2 Å². The number of likely N-dealkylation sites (tertiary alicyclic amines) is 1. The van der Waals surface area contributed by atoms with Gasteiger partial charge in [-0.2, -0.15) is 0 Å². The van der Waals surface area contributed by atoms with Gasteiger partial charge in [0, 0.05) is 24.4 Å². The van der Waals surface area contributed by atoms with E-state index in [-0.39, 0.29) is 23.3 Å². The third-order valence-corrected chi connectivity index (χ3v) is 5.68. The van der Waals surface area contributed by atoms with Crippen molar-refractivity contribution in [1.82, 2.24) is 4.90 Å². The lowest BCUT2D eigenvalue weighted by Crippen LogP contribution is -2.43. The number of carboxylic acid groups (broad SMARTS) is 1. The molecule has 1 fully saturated rings. The van der Waals surface area contributed by atoms with Crippen LogP contribution < -0.4 is 5.32 Å². The zero-order valence-corrected chi connectivity index (χ0v) is 15.9. The number of carboxylic acids is 1. The van der Waals surface area contributed by atoms with E-state index in [1.165, 1.54) is 11.3 Å². The molecule has 2 N–H and O–H groups in total. The second-order valence-electron chi connectivity index (χ2n) is 6.42. The fraction of sp³-hybridized carbons (Fsp3) is 0.611. The van der Waals surface area contributed by atoms with E-state index < -0.39 is 5.97 Å². The normalized spacial score (nSPS) is 17.4. The summed E-state index contributed by atoms with van der Waals surface area (Å²) in [7, 11) is 0. The molecule has 0 bridgehead atoms. The number of aryl methyl sites for hydroxylation is 1. The monoisotopic (exact) mass is 366 g/mol. The van der Waals surface area contributed by atoms with Gasteiger partial charge < -0.3 is 15.3 Å². The predicted octanol–water partition coefficient (Wildman–Crippen LogP) is 3.29. The molecule has 1 atom stereocenters. The number of hydrogen-bond acceptors (Lipinski definition) is 4. The number of carbonyl (C=O) groups excluding carboxylic acids is 2. The summed E-state index contributed by atoms with van der Waals surface area (Å²) in [4.78, 5) is 39.0. The lowest BCUT2D eigenvalue weighted by atomic mass is 9.96. The average molecular weight is 366 g/mol. The van der Waals surface area contributed by atoms with Crippen LogP contribution in [0, 0.1) is 12.8 Å². The van der Waals surface area contributed by atoms with Crippen LogP contribution in [0.5, 0.6) is 0 Å². The van der Waals surface area contributed by atoms with Crippen LogP contribution in [0.25, 0.3) is 0 Å². The van der Waals surface area contributed by atoms with E-state index in [0.29, 0.717) is 30.9 Å². The summed E-state index contributed by atoms with van der Waals surface area (Å²) in [6.45, 7) is 6.85. The summed E-state index contributed by atoms with van der Waals surface area (Å²) < 4.78 is 0. The predicted molar refractivity (Wildman–Crippen MR) is 98.2 cm³/mol. The van der Waals surface area contributed by atoms with Crippen molar-refractivity contribution in [1.29, 1.82) is 0 Å². The van der Waals surface area contributed by atoms with Crippen molar-refractivity contribution in [3.05, 3.63) is 16.0 Å². The standard InChI is InChI=1S/C18H26N2O4S/c1-4-7-14(21)20-9-6-8-12(10-20)16(22)19-17-15(18(23)24)13(5-2)11(3)25-17/h12H,4-10H2,1-3H3,(H,19,22)(H,23,24). The van der Waals surface area contributed by atoms with E-state index in [2.05, 4.69) is 5.32 Å². The third-order valence-electron chi connectivity index (χ3n) is 4.62. The number of aromatic carboxylic acids is 1. The molecule has 2 heterocycles. The molecule has 1 aromatic heterocycles. The molecule has 1 aliphatic heterocycles. The molecule has 0 radical (unpaired) electrons. The van der Waals surface area contributed by atoms with E-state index in [9.17, 15) is 19.5 Å². The summed E-state index contributed by atoms with van der Waals surface area (Å²) in [5, 5.41) is 12.7. The van der Waals surface area contributed by atoms with Gasteiger partial charge in [-0.1, -0.05) is 13.8 Å². The van der Waals surface area contributed by atoms with Crippen LogP contribution in [0.2, 0.25) is 0 Å². The van der Waals surface area contributed by atoms with Gasteiger partial charge in [0.15, 0.2) is 0 Å². The molecule has 1 unspecified atom stereocenters. The Hall–Kier alpha value is -1.89. The largest absolute Gasteiger partial charge is 0.478 e. The first kappa shape index (κ1) is 19.4. The van der Waals surface area contributed by atoms with Gasteiger partial charge in [-0.15, -0.1) is 11.3 Å². The quantitative estimate of drug-likeness (QED) is 0.809. The van der Waals surface area contributed by atoms with Crippen LogP contribution in [-0.2, 0) is 16.0 Å². The van der Waals surface area contributed by atoms with E-state index in [1.807, 2.05) is 20.8 Å². The van der Waals surface area contributed by atoms with Crippen molar-refractivity contribution in [3.8, 4) is 0 Å². The van der Waals surface area contributed by atoms with E-state index >= 15 is 0 Å². The number of amides is 2. The molecule has 2 amide bonds. The maximum Gasteiger partial charge on any atom is 0.339 e. The highest BCUT2D eigenvalue weighted by Crippen LogP contribution is 2.34. The van der Waals surface area contributed by atoms with Crippen molar-refractivity contribution < 1.29 is 19.5 Å². The number of thiophene rings is 1. The smallest absolute Gasteiger partial charge is 0.339 e. The Bertz CT molecular complexity index is 668. The van der Waals surface area contributed by atoms with Crippen LogP contribution in [-0.4, -0.2) is 40.9 Å². The van der Waals surface area contributed by atoms with Gasteiger partial charge in [0.05, 0.1) is 11.5 Å². The summed E-state index contributed by atoms with van der Waals surface area (Å²) >= 11 is 1.31. The minimum atomic E-state index is -1.01. The Morgan fingerprint density at radius 2 is 2.04 bits per heavy atom. The number of nitrogens with zero attached hydrogens (tertiary/aromatic N) is 1. The highest BCUT2D eigenvalue weighted by Gasteiger charge is 2.30. The number of piperidine rings is 1. The maximum atomic E-state index is 12.6. The van der Waals surface area contributed by atoms with Crippen LogP contribution in [0.3, 0.4) is 0 Å². The highest BCUT2D eigenvalue weighted by molar-refractivity contribution is 7.16. The van der Waals surface area contributed by atoms with Crippen LogP contribution >= 0.6 is 11.3 Å². The van der Waals surface area contributed by atoms with E-state index in [0.717, 1.165) is 29.7 Å². The number of rotatable bonds is 6. The average Bonchev–Trinajstić information content (AvgIpc) is 2.90. The molecular weight excluding hydrogens is 340 g/mol. The van der Waals surface area contributed by atoms with Gasteiger partial charge >= 0.3 is 5.97 Å².